The largest absolute Gasteiger partial charge is 0.484 e. The predicted octanol–water partition coefficient (Wildman–Crippen LogP) is 3.38. The van der Waals surface area contributed by atoms with E-state index in [1.807, 2.05) is 30.3 Å². The fraction of sp³-hybridized carbons (Fsp3) is 0.250. The lowest BCUT2D eigenvalue weighted by atomic mass is 10.0. The van der Waals surface area contributed by atoms with Crippen molar-refractivity contribution in [3.05, 3.63) is 65.2 Å². The van der Waals surface area contributed by atoms with Crippen LogP contribution >= 0.6 is 0 Å². The fourth-order valence-corrected chi connectivity index (χ4v) is 2.04. The van der Waals surface area contributed by atoms with Gasteiger partial charge in [0.05, 0.1) is 0 Å². The molecule has 18 heavy (non-hydrogen) atoms. The first-order chi connectivity index (χ1) is 8.70. The van der Waals surface area contributed by atoms with Gasteiger partial charge in [0.25, 0.3) is 0 Å². The summed E-state index contributed by atoms with van der Waals surface area (Å²) in [7, 11) is 0. The normalized spacial score (nSPS) is 12.2. The Labute approximate surface area is 108 Å². The van der Waals surface area contributed by atoms with Gasteiger partial charge in [0.1, 0.15) is 11.9 Å². The predicted molar refractivity (Wildman–Crippen MR) is 74.8 cm³/mol. The van der Waals surface area contributed by atoms with Crippen LogP contribution in [0.3, 0.4) is 0 Å². The van der Waals surface area contributed by atoms with Gasteiger partial charge in [-0.3, -0.25) is 0 Å². The molecule has 0 aliphatic heterocycles. The number of rotatable bonds is 4. The maximum Gasteiger partial charge on any atom is 0.136 e. The van der Waals surface area contributed by atoms with Crippen LogP contribution in [0.4, 0.5) is 0 Å². The number of ether oxygens (including phenoxy) is 1. The van der Waals surface area contributed by atoms with E-state index in [-0.39, 0.29) is 6.10 Å². The van der Waals surface area contributed by atoms with Crippen molar-refractivity contribution in [2.45, 2.75) is 20.0 Å². The molecule has 0 bridgehead atoms. The second kappa shape index (κ2) is 5.69. The molecule has 0 aliphatic carbocycles. The van der Waals surface area contributed by atoms with Gasteiger partial charge >= 0.3 is 0 Å². The molecular formula is C16H19NO. The van der Waals surface area contributed by atoms with Gasteiger partial charge in [-0.15, -0.1) is 0 Å². The standard InChI is InChI=1S/C16H19NO/c1-12-6-5-8-14(10-12)18-16(11-17)15-9-4-3-7-13(15)2/h3-10,16H,11,17H2,1-2H3. The third-order valence-corrected chi connectivity index (χ3v) is 3.02. The Morgan fingerprint density at radius 1 is 1.06 bits per heavy atom. The van der Waals surface area contributed by atoms with Gasteiger partial charge in [0.15, 0.2) is 0 Å². The summed E-state index contributed by atoms with van der Waals surface area (Å²) in [6.07, 6.45) is -0.0898. The van der Waals surface area contributed by atoms with Crippen molar-refractivity contribution in [2.75, 3.05) is 6.54 Å². The van der Waals surface area contributed by atoms with E-state index in [0.717, 1.165) is 11.3 Å². The molecular weight excluding hydrogens is 222 g/mol. The van der Waals surface area contributed by atoms with Crippen LogP contribution in [0.5, 0.6) is 5.75 Å². The van der Waals surface area contributed by atoms with Crippen LogP contribution in [-0.4, -0.2) is 6.54 Å². The van der Waals surface area contributed by atoms with Crippen LogP contribution in [0.25, 0.3) is 0 Å². The van der Waals surface area contributed by atoms with Gasteiger partial charge < -0.3 is 10.5 Å². The molecule has 0 fully saturated rings. The molecule has 0 heterocycles. The summed E-state index contributed by atoms with van der Waals surface area (Å²) in [6.45, 7) is 4.61. The van der Waals surface area contributed by atoms with Crippen molar-refractivity contribution in [1.29, 1.82) is 0 Å². The minimum atomic E-state index is -0.0898. The van der Waals surface area contributed by atoms with Crippen LogP contribution in [-0.2, 0) is 0 Å². The Bertz CT molecular complexity index is 522. The lowest BCUT2D eigenvalue weighted by Gasteiger charge is -2.19. The van der Waals surface area contributed by atoms with Crippen molar-refractivity contribution in [2.24, 2.45) is 5.73 Å². The Morgan fingerprint density at radius 3 is 2.50 bits per heavy atom. The molecule has 0 saturated heterocycles. The first-order valence-electron chi connectivity index (χ1n) is 6.19. The molecule has 0 aromatic heterocycles. The molecule has 2 aromatic carbocycles. The molecule has 2 nitrogen and oxygen atoms in total. The number of hydrogen-bond donors (Lipinski definition) is 1. The van der Waals surface area contributed by atoms with Crippen LogP contribution in [0, 0.1) is 13.8 Å². The summed E-state index contributed by atoms with van der Waals surface area (Å²) >= 11 is 0. The molecule has 2 heteroatoms. The first-order valence-corrected chi connectivity index (χ1v) is 6.19. The van der Waals surface area contributed by atoms with E-state index < -0.39 is 0 Å². The highest BCUT2D eigenvalue weighted by atomic mass is 16.5. The SMILES string of the molecule is Cc1cccc(OC(CN)c2ccccc2C)c1. The van der Waals surface area contributed by atoms with Gasteiger partial charge in [-0.05, 0) is 42.7 Å². The summed E-state index contributed by atoms with van der Waals surface area (Å²) < 4.78 is 5.99. The zero-order valence-corrected chi connectivity index (χ0v) is 10.9. The molecule has 0 amide bonds. The highest BCUT2D eigenvalue weighted by Crippen LogP contribution is 2.24. The van der Waals surface area contributed by atoms with Crippen LogP contribution in [0.2, 0.25) is 0 Å². The summed E-state index contributed by atoms with van der Waals surface area (Å²) in [6, 6.07) is 16.2. The molecule has 0 radical (unpaired) electrons. The summed E-state index contributed by atoms with van der Waals surface area (Å²) in [5.74, 6) is 0.869. The van der Waals surface area contributed by atoms with Crippen molar-refractivity contribution in [3.8, 4) is 5.75 Å². The highest BCUT2D eigenvalue weighted by Gasteiger charge is 2.13. The minimum absolute atomic E-state index is 0.0898. The van der Waals surface area contributed by atoms with Crippen molar-refractivity contribution in [1.82, 2.24) is 0 Å². The quantitative estimate of drug-likeness (QED) is 0.890. The Hall–Kier alpha value is -1.80. The topological polar surface area (TPSA) is 35.2 Å². The van der Waals surface area contributed by atoms with Crippen molar-refractivity contribution >= 4 is 0 Å². The lowest BCUT2D eigenvalue weighted by Crippen LogP contribution is -2.19. The zero-order chi connectivity index (χ0) is 13.0. The van der Waals surface area contributed by atoms with Crippen LogP contribution < -0.4 is 10.5 Å². The number of nitrogens with two attached hydrogens (primary N) is 1. The number of hydrogen-bond acceptors (Lipinski definition) is 2. The van der Waals surface area contributed by atoms with E-state index in [9.17, 15) is 0 Å². The molecule has 2 rings (SSSR count). The Morgan fingerprint density at radius 2 is 1.83 bits per heavy atom. The third kappa shape index (κ3) is 2.90. The van der Waals surface area contributed by atoms with E-state index in [4.69, 9.17) is 10.5 Å². The molecule has 94 valence electrons. The van der Waals surface area contributed by atoms with Crippen LogP contribution in [0.1, 0.15) is 22.8 Å². The van der Waals surface area contributed by atoms with Crippen molar-refractivity contribution in [3.63, 3.8) is 0 Å². The molecule has 0 spiro atoms. The lowest BCUT2D eigenvalue weighted by molar-refractivity contribution is 0.213. The first kappa shape index (κ1) is 12.7. The molecule has 0 aliphatic rings. The van der Waals surface area contributed by atoms with E-state index in [1.54, 1.807) is 0 Å². The Kier molecular flexibility index (Phi) is 4.00. The van der Waals surface area contributed by atoms with Gasteiger partial charge in [0, 0.05) is 6.54 Å². The maximum atomic E-state index is 5.99. The monoisotopic (exact) mass is 241 g/mol. The third-order valence-electron chi connectivity index (χ3n) is 3.02. The molecule has 1 unspecified atom stereocenters. The van der Waals surface area contributed by atoms with Gasteiger partial charge in [0.2, 0.25) is 0 Å². The number of benzene rings is 2. The minimum Gasteiger partial charge on any atom is -0.484 e. The maximum absolute atomic E-state index is 5.99. The second-order valence-corrected chi connectivity index (χ2v) is 4.52. The summed E-state index contributed by atoms with van der Waals surface area (Å²) in [5.41, 5.74) is 9.39. The number of aryl methyl sites for hydroxylation is 2. The highest BCUT2D eigenvalue weighted by molar-refractivity contribution is 5.31. The molecule has 1 atom stereocenters. The summed E-state index contributed by atoms with van der Waals surface area (Å²) in [4.78, 5) is 0. The van der Waals surface area contributed by atoms with Crippen molar-refractivity contribution < 1.29 is 4.74 Å². The van der Waals surface area contributed by atoms with Crippen LogP contribution in [0.15, 0.2) is 48.5 Å². The van der Waals surface area contributed by atoms with Gasteiger partial charge in [-0.1, -0.05) is 36.4 Å². The smallest absolute Gasteiger partial charge is 0.136 e. The van der Waals surface area contributed by atoms with E-state index in [2.05, 4.69) is 32.0 Å². The van der Waals surface area contributed by atoms with Gasteiger partial charge in [-0.2, -0.15) is 0 Å². The molecule has 2 aromatic rings. The zero-order valence-electron chi connectivity index (χ0n) is 10.9. The van der Waals surface area contributed by atoms with E-state index >= 15 is 0 Å². The van der Waals surface area contributed by atoms with E-state index in [1.165, 1.54) is 11.1 Å². The Balaban J connectivity index is 2.23. The molecule has 0 saturated carbocycles. The summed E-state index contributed by atoms with van der Waals surface area (Å²) in [5, 5.41) is 0. The average molecular weight is 241 g/mol. The average Bonchev–Trinajstić information content (AvgIpc) is 2.37. The molecule has 2 N–H and O–H groups in total. The van der Waals surface area contributed by atoms with Gasteiger partial charge in [-0.25, -0.2) is 0 Å². The second-order valence-electron chi connectivity index (χ2n) is 4.52. The van der Waals surface area contributed by atoms with E-state index in [0.29, 0.717) is 6.54 Å². The fourth-order valence-electron chi connectivity index (χ4n) is 2.04.